The molecule has 96 valence electrons. The molecule has 0 bridgehead atoms. The van der Waals surface area contributed by atoms with Crippen molar-refractivity contribution in [1.82, 2.24) is 14.8 Å². The zero-order valence-electron chi connectivity index (χ0n) is 10.3. The van der Waals surface area contributed by atoms with Crippen LogP contribution in [0.4, 0.5) is 0 Å². The van der Waals surface area contributed by atoms with Gasteiger partial charge in [-0.3, -0.25) is 4.79 Å². The zero-order chi connectivity index (χ0) is 11.5. The van der Waals surface area contributed by atoms with Crippen molar-refractivity contribution >= 4 is 18.3 Å². The summed E-state index contributed by atoms with van der Waals surface area (Å²) in [5.74, 6) is 0.124. The summed E-state index contributed by atoms with van der Waals surface area (Å²) in [4.78, 5) is 14.1. The number of aryl methyl sites for hydroxylation is 1. The molecule has 1 aliphatic heterocycles. The number of halogens is 1. The van der Waals surface area contributed by atoms with Crippen molar-refractivity contribution in [3.05, 3.63) is 24.0 Å². The number of carbonyl (C=O) groups is 1. The predicted molar refractivity (Wildman–Crippen MR) is 70.6 cm³/mol. The quantitative estimate of drug-likeness (QED) is 0.867. The molecule has 1 aromatic heterocycles. The Balaban J connectivity index is 0.00000144. The smallest absolute Gasteiger partial charge is 0.270 e. The van der Waals surface area contributed by atoms with Crippen molar-refractivity contribution < 1.29 is 4.79 Å². The van der Waals surface area contributed by atoms with Gasteiger partial charge in [-0.25, -0.2) is 0 Å². The van der Waals surface area contributed by atoms with Gasteiger partial charge in [0.1, 0.15) is 5.69 Å². The highest BCUT2D eigenvalue weighted by atomic mass is 35.5. The molecule has 0 saturated carbocycles. The van der Waals surface area contributed by atoms with Gasteiger partial charge in [0.2, 0.25) is 0 Å². The van der Waals surface area contributed by atoms with Crippen LogP contribution in [0.3, 0.4) is 0 Å². The van der Waals surface area contributed by atoms with Crippen LogP contribution in [0.2, 0.25) is 0 Å². The molecule has 1 aromatic rings. The second-order valence-electron chi connectivity index (χ2n) is 4.40. The molecule has 0 spiro atoms. The molecule has 0 aliphatic carbocycles. The Hall–Kier alpha value is -1.00. The van der Waals surface area contributed by atoms with E-state index in [0.717, 1.165) is 31.6 Å². The third-order valence-corrected chi connectivity index (χ3v) is 3.34. The van der Waals surface area contributed by atoms with Crippen molar-refractivity contribution in [2.24, 2.45) is 7.05 Å². The lowest BCUT2D eigenvalue weighted by molar-refractivity contribution is 0.0693. The van der Waals surface area contributed by atoms with E-state index < -0.39 is 0 Å². The van der Waals surface area contributed by atoms with Crippen LogP contribution in [0.15, 0.2) is 18.3 Å². The maximum atomic E-state index is 12.2. The van der Waals surface area contributed by atoms with Crippen molar-refractivity contribution in [1.29, 1.82) is 0 Å². The van der Waals surface area contributed by atoms with Crippen LogP contribution < -0.4 is 5.32 Å². The van der Waals surface area contributed by atoms with E-state index in [1.54, 1.807) is 0 Å². The van der Waals surface area contributed by atoms with Crippen LogP contribution in [0, 0.1) is 0 Å². The Kier molecular flexibility index (Phi) is 5.02. The van der Waals surface area contributed by atoms with Gasteiger partial charge in [0.25, 0.3) is 5.91 Å². The van der Waals surface area contributed by atoms with E-state index in [-0.39, 0.29) is 18.3 Å². The van der Waals surface area contributed by atoms with Crippen LogP contribution in [0.1, 0.15) is 23.3 Å². The average molecular weight is 258 g/mol. The molecular weight excluding hydrogens is 238 g/mol. The first-order chi connectivity index (χ1) is 7.70. The van der Waals surface area contributed by atoms with Gasteiger partial charge in [0, 0.05) is 26.3 Å². The van der Waals surface area contributed by atoms with E-state index in [9.17, 15) is 4.79 Å². The lowest BCUT2D eigenvalue weighted by atomic mass is 10.1. The summed E-state index contributed by atoms with van der Waals surface area (Å²) in [5, 5.41) is 3.31. The van der Waals surface area contributed by atoms with Gasteiger partial charge in [-0.2, -0.15) is 0 Å². The molecular formula is C12H20ClN3O. The number of nitrogens with zero attached hydrogens (tertiary/aromatic N) is 2. The highest BCUT2D eigenvalue weighted by Gasteiger charge is 2.23. The van der Waals surface area contributed by atoms with E-state index in [2.05, 4.69) is 5.32 Å². The highest BCUT2D eigenvalue weighted by molar-refractivity contribution is 5.92. The van der Waals surface area contributed by atoms with Crippen LogP contribution in [0.5, 0.6) is 0 Å². The molecule has 1 amide bonds. The minimum atomic E-state index is 0. The molecule has 2 rings (SSSR count). The molecule has 1 N–H and O–H groups in total. The second kappa shape index (κ2) is 6.07. The number of carbonyl (C=O) groups excluding carboxylic acids is 1. The van der Waals surface area contributed by atoms with Crippen molar-refractivity contribution in [2.45, 2.75) is 18.9 Å². The number of nitrogens with one attached hydrogen (secondary N) is 1. The largest absolute Gasteiger partial charge is 0.347 e. The van der Waals surface area contributed by atoms with Crippen molar-refractivity contribution in [2.75, 3.05) is 20.1 Å². The minimum absolute atomic E-state index is 0. The average Bonchev–Trinajstić information content (AvgIpc) is 2.75. The number of rotatable bonds is 2. The summed E-state index contributed by atoms with van der Waals surface area (Å²) < 4.78 is 1.87. The normalized spacial score (nSPS) is 16.4. The molecule has 1 saturated heterocycles. The fourth-order valence-corrected chi connectivity index (χ4v) is 2.22. The zero-order valence-corrected chi connectivity index (χ0v) is 11.2. The maximum Gasteiger partial charge on any atom is 0.270 e. The van der Waals surface area contributed by atoms with Gasteiger partial charge < -0.3 is 14.8 Å². The first-order valence-corrected chi connectivity index (χ1v) is 5.79. The fourth-order valence-electron chi connectivity index (χ4n) is 2.22. The Labute approximate surface area is 108 Å². The topological polar surface area (TPSA) is 37.3 Å². The van der Waals surface area contributed by atoms with Gasteiger partial charge in [-0.15, -0.1) is 12.4 Å². The van der Waals surface area contributed by atoms with Gasteiger partial charge in [0.05, 0.1) is 0 Å². The molecule has 17 heavy (non-hydrogen) atoms. The molecule has 0 unspecified atom stereocenters. The Morgan fingerprint density at radius 3 is 2.65 bits per heavy atom. The van der Waals surface area contributed by atoms with E-state index >= 15 is 0 Å². The predicted octanol–water partition coefficient (Wildman–Crippen LogP) is 1.27. The lowest BCUT2D eigenvalue weighted by Crippen LogP contribution is -2.44. The molecule has 0 atom stereocenters. The lowest BCUT2D eigenvalue weighted by Gasteiger charge is -2.31. The van der Waals surface area contributed by atoms with E-state index in [1.165, 1.54) is 0 Å². The molecule has 4 nitrogen and oxygen atoms in total. The summed E-state index contributed by atoms with van der Waals surface area (Å²) >= 11 is 0. The molecule has 0 aromatic carbocycles. The van der Waals surface area contributed by atoms with Crippen molar-refractivity contribution in [3.63, 3.8) is 0 Å². The maximum absolute atomic E-state index is 12.2. The number of amides is 1. The number of aromatic nitrogens is 1. The van der Waals surface area contributed by atoms with E-state index in [1.807, 2.05) is 41.9 Å². The number of piperidine rings is 1. The third-order valence-electron chi connectivity index (χ3n) is 3.34. The second-order valence-corrected chi connectivity index (χ2v) is 4.40. The summed E-state index contributed by atoms with van der Waals surface area (Å²) in [5.41, 5.74) is 0.765. The molecule has 0 radical (unpaired) electrons. The molecule has 2 heterocycles. The van der Waals surface area contributed by atoms with Gasteiger partial charge in [-0.1, -0.05) is 0 Å². The molecule has 5 heteroatoms. The monoisotopic (exact) mass is 257 g/mol. The Morgan fingerprint density at radius 2 is 2.12 bits per heavy atom. The standard InChI is InChI=1S/C12H19N3O.ClH/c1-14-9-3-4-11(14)12(16)15(2)10-5-7-13-8-6-10;/h3-4,9-10,13H,5-8H2,1-2H3;1H. The number of hydrogen-bond donors (Lipinski definition) is 1. The van der Waals surface area contributed by atoms with Crippen LogP contribution >= 0.6 is 12.4 Å². The van der Waals surface area contributed by atoms with Gasteiger partial charge >= 0.3 is 0 Å². The fraction of sp³-hybridized carbons (Fsp3) is 0.583. The number of hydrogen-bond acceptors (Lipinski definition) is 2. The van der Waals surface area contributed by atoms with E-state index in [0.29, 0.717) is 6.04 Å². The van der Waals surface area contributed by atoms with Crippen LogP contribution in [-0.2, 0) is 7.05 Å². The first kappa shape index (κ1) is 14.1. The summed E-state index contributed by atoms with van der Waals surface area (Å²) in [6, 6.07) is 4.16. The highest BCUT2D eigenvalue weighted by Crippen LogP contribution is 2.13. The summed E-state index contributed by atoms with van der Waals surface area (Å²) in [7, 11) is 3.81. The van der Waals surface area contributed by atoms with E-state index in [4.69, 9.17) is 0 Å². The minimum Gasteiger partial charge on any atom is -0.347 e. The van der Waals surface area contributed by atoms with Gasteiger partial charge in [-0.05, 0) is 38.1 Å². The summed E-state index contributed by atoms with van der Waals surface area (Å²) in [6.45, 7) is 2.02. The van der Waals surface area contributed by atoms with Gasteiger partial charge in [0.15, 0.2) is 0 Å². The Morgan fingerprint density at radius 1 is 1.47 bits per heavy atom. The Bertz CT molecular complexity index is 372. The van der Waals surface area contributed by atoms with Crippen molar-refractivity contribution in [3.8, 4) is 0 Å². The SMILES string of the molecule is CN(C(=O)c1cccn1C)C1CCNCC1.Cl. The molecule has 1 fully saturated rings. The third kappa shape index (κ3) is 3.01. The first-order valence-electron chi connectivity index (χ1n) is 5.79. The van der Waals surface area contributed by atoms with Crippen LogP contribution in [0.25, 0.3) is 0 Å². The van der Waals surface area contributed by atoms with Crippen LogP contribution in [-0.4, -0.2) is 41.6 Å². The summed E-state index contributed by atoms with van der Waals surface area (Å²) in [6.07, 6.45) is 4.00. The molecule has 1 aliphatic rings.